The van der Waals surface area contributed by atoms with Crippen LogP contribution in [0.5, 0.6) is 0 Å². The van der Waals surface area contributed by atoms with Crippen molar-refractivity contribution in [2.45, 2.75) is 25.8 Å². The van der Waals surface area contributed by atoms with E-state index in [2.05, 4.69) is 9.50 Å². The molecule has 10 heteroatoms. The first-order valence-corrected chi connectivity index (χ1v) is 8.00. The van der Waals surface area contributed by atoms with Crippen molar-refractivity contribution in [3.05, 3.63) is 23.7 Å². The Kier molecular flexibility index (Phi) is 6.11. The van der Waals surface area contributed by atoms with Crippen LogP contribution >= 0.6 is 0 Å². The summed E-state index contributed by atoms with van der Waals surface area (Å²) in [6.45, 7) is 0.0138. The Balaban J connectivity index is 2.26. The molecule has 2 N–H and O–H groups in total. The molecule has 0 aliphatic carbocycles. The Labute approximate surface area is 126 Å². The highest BCUT2D eigenvalue weighted by Crippen LogP contribution is 2.07. The first-order valence-electron chi connectivity index (χ1n) is 6.18. The molecule has 0 saturated heterocycles. The summed E-state index contributed by atoms with van der Waals surface area (Å²) in [6.07, 6.45) is 0.667. The van der Waals surface area contributed by atoms with E-state index in [1.54, 1.807) is 0 Å². The van der Waals surface area contributed by atoms with Gasteiger partial charge in [-0.25, -0.2) is 4.79 Å². The van der Waals surface area contributed by atoms with Crippen LogP contribution < -0.4 is 5.32 Å². The highest BCUT2D eigenvalue weighted by atomic mass is 32.2. The molecule has 0 atom stereocenters. The Hall–Kier alpha value is -2.36. The summed E-state index contributed by atoms with van der Waals surface area (Å²) in [5, 5.41) is 11.1. The predicted molar refractivity (Wildman–Crippen MR) is 72.3 cm³/mol. The average Bonchev–Trinajstić information content (AvgIpc) is 2.83. The fourth-order valence-corrected chi connectivity index (χ4v) is 1.89. The molecular weight excluding hydrogens is 318 g/mol. The van der Waals surface area contributed by atoms with Gasteiger partial charge < -0.3 is 19.0 Å². The van der Waals surface area contributed by atoms with Crippen molar-refractivity contribution in [1.82, 2.24) is 5.32 Å². The second-order valence-electron chi connectivity index (χ2n) is 4.36. The van der Waals surface area contributed by atoms with E-state index >= 15 is 0 Å². The van der Waals surface area contributed by atoms with Crippen LogP contribution in [0.2, 0.25) is 0 Å². The molecule has 0 unspecified atom stereocenters. The monoisotopic (exact) mass is 333 g/mol. The molecule has 0 aromatic carbocycles. The van der Waals surface area contributed by atoms with Crippen LogP contribution in [-0.2, 0) is 30.4 Å². The molecule has 0 aliphatic rings. The zero-order valence-electron chi connectivity index (χ0n) is 11.7. The van der Waals surface area contributed by atoms with Gasteiger partial charge in [0.05, 0.1) is 12.8 Å². The Morgan fingerprint density at radius 2 is 1.95 bits per heavy atom. The van der Waals surface area contributed by atoms with Crippen molar-refractivity contribution < 1.29 is 36.5 Å². The van der Waals surface area contributed by atoms with Gasteiger partial charge in [-0.3, -0.25) is 9.59 Å². The second kappa shape index (κ2) is 7.59. The lowest BCUT2D eigenvalue weighted by molar-refractivity contribution is -0.134. The van der Waals surface area contributed by atoms with Crippen molar-refractivity contribution in [3.63, 3.8) is 0 Å². The third-order valence-electron chi connectivity index (χ3n) is 2.36. The number of carbonyl (C=O) groups is 3. The summed E-state index contributed by atoms with van der Waals surface area (Å²) >= 11 is 0. The maximum Gasteiger partial charge on any atom is 0.371 e. The standard InChI is InChI=1S/C12H15NO8S/c1-22(18,19)21-11(15)4-2-3-10(14)13-7-8-5-6-9(20-8)12(16)17/h5-6H,2-4,7H2,1H3,(H,13,14)(H,16,17). The highest BCUT2D eigenvalue weighted by molar-refractivity contribution is 7.86. The smallest absolute Gasteiger partial charge is 0.371 e. The van der Waals surface area contributed by atoms with Gasteiger partial charge in [0.25, 0.3) is 0 Å². The Morgan fingerprint density at radius 1 is 1.27 bits per heavy atom. The van der Waals surface area contributed by atoms with Gasteiger partial charge in [-0.15, -0.1) is 0 Å². The molecule has 9 nitrogen and oxygen atoms in total. The number of aromatic carboxylic acids is 1. The molecule has 0 radical (unpaired) electrons. The van der Waals surface area contributed by atoms with Crippen LogP contribution in [0.15, 0.2) is 16.5 Å². The Morgan fingerprint density at radius 3 is 2.50 bits per heavy atom. The van der Waals surface area contributed by atoms with E-state index in [1.807, 2.05) is 0 Å². The molecule has 1 aromatic heterocycles. The van der Waals surface area contributed by atoms with Crippen LogP contribution in [0.3, 0.4) is 0 Å². The predicted octanol–water partition coefficient (Wildman–Crippen LogP) is 0.267. The molecule has 0 fully saturated rings. The molecule has 22 heavy (non-hydrogen) atoms. The number of rotatable bonds is 8. The molecule has 1 amide bonds. The third kappa shape index (κ3) is 6.88. The SMILES string of the molecule is CS(=O)(=O)OC(=O)CCCC(=O)NCc1ccc(C(=O)O)o1. The topological polar surface area (TPSA) is 140 Å². The van der Waals surface area contributed by atoms with E-state index in [0.29, 0.717) is 0 Å². The number of amides is 1. The number of nitrogens with one attached hydrogen (secondary N) is 1. The summed E-state index contributed by atoms with van der Waals surface area (Å²) in [5.74, 6) is -2.47. The van der Waals surface area contributed by atoms with Crippen LogP contribution in [0.25, 0.3) is 0 Å². The highest BCUT2D eigenvalue weighted by Gasteiger charge is 2.12. The van der Waals surface area contributed by atoms with Gasteiger partial charge in [0, 0.05) is 12.8 Å². The summed E-state index contributed by atoms with van der Waals surface area (Å²) in [4.78, 5) is 33.2. The summed E-state index contributed by atoms with van der Waals surface area (Å²) in [7, 11) is -3.84. The van der Waals surface area contributed by atoms with Crippen molar-refractivity contribution in [3.8, 4) is 0 Å². The maximum atomic E-state index is 11.5. The average molecular weight is 333 g/mol. The molecule has 0 spiro atoms. The van der Waals surface area contributed by atoms with Crippen LogP contribution in [0.1, 0.15) is 35.6 Å². The first kappa shape index (κ1) is 17.7. The van der Waals surface area contributed by atoms with Gasteiger partial charge in [0.2, 0.25) is 11.7 Å². The number of hydrogen-bond acceptors (Lipinski definition) is 7. The molecule has 1 heterocycles. The molecule has 0 saturated carbocycles. The molecule has 122 valence electrons. The van der Waals surface area contributed by atoms with Gasteiger partial charge in [-0.2, -0.15) is 8.42 Å². The minimum Gasteiger partial charge on any atom is -0.475 e. The number of hydrogen-bond donors (Lipinski definition) is 2. The van der Waals surface area contributed by atoms with Crippen molar-refractivity contribution in [2.75, 3.05) is 6.26 Å². The number of furan rings is 1. The van der Waals surface area contributed by atoms with Crippen LogP contribution in [-0.4, -0.2) is 37.6 Å². The summed E-state index contributed by atoms with van der Waals surface area (Å²) in [5.41, 5.74) is 0. The molecule has 1 rings (SSSR count). The number of carboxylic acids is 1. The lowest BCUT2D eigenvalue weighted by Gasteiger charge is -2.03. The van der Waals surface area contributed by atoms with Crippen molar-refractivity contribution in [2.24, 2.45) is 0 Å². The van der Waals surface area contributed by atoms with Gasteiger partial charge >= 0.3 is 22.1 Å². The molecule has 0 bridgehead atoms. The summed E-state index contributed by atoms with van der Waals surface area (Å²) in [6, 6.07) is 2.69. The van der Waals surface area contributed by atoms with E-state index in [9.17, 15) is 22.8 Å². The van der Waals surface area contributed by atoms with Crippen molar-refractivity contribution in [1.29, 1.82) is 0 Å². The maximum absolute atomic E-state index is 11.5. The van der Waals surface area contributed by atoms with E-state index in [0.717, 1.165) is 6.26 Å². The third-order valence-corrected chi connectivity index (χ3v) is 2.85. The molecule has 0 aliphatic heterocycles. The normalized spacial score (nSPS) is 11.0. The van der Waals surface area contributed by atoms with Gasteiger partial charge in [0.15, 0.2) is 0 Å². The van der Waals surface area contributed by atoms with E-state index in [-0.39, 0.29) is 43.2 Å². The minimum absolute atomic E-state index is 0.00857. The largest absolute Gasteiger partial charge is 0.475 e. The fraction of sp³-hybridized carbons (Fsp3) is 0.417. The fourth-order valence-electron chi connectivity index (χ4n) is 1.47. The lowest BCUT2D eigenvalue weighted by atomic mass is 10.2. The zero-order chi connectivity index (χ0) is 16.8. The lowest BCUT2D eigenvalue weighted by Crippen LogP contribution is -2.22. The van der Waals surface area contributed by atoms with Crippen LogP contribution in [0.4, 0.5) is 0 Å². The quantitative estimate of drug-likeness (QED) is 0.646. The van der Waals surface area contributed by atoms with Gasteiger partial charge in [-0.05, 0) is 18.6 Å². The number of carboxylic acid groups (broad SMARTS) is 1. The molecular formula is C12H15NO8S. The molecule has 1 aromatic rings. The zero-order valence-corrected chi connectivity index (χ0v) is 12.5. The minimum atomic E-state index is -3.84. The van der Waals surface area contributed by atoms with Crippen molar-refractivity contribution >= 4 is 28.0 Å². The van der Waals surface area contributed by atoms with Crippen LogP contribution in [0, 0.1) is 0 Å². The first-order chi connectivity index (χ1) is 10.2. The second-order valence-corrected chi connectivity index (χ2v) is 5.94. The van der Waals surface area contributed by atoms with Gasteiger partial charge in [0.1, 0.15) is 5.76 Å². The summed E-state index contributed by atoms with van der Waals surface area (Å²) < 4.78 is 30.4. The van der Waals surface area contributed by atoms with E-state index < -0.39 is 22.1 Å². The number of carbonyl (C=O) groups excluding carboxylic acids is 2. The van der Waals surface area contributed by atoms with Gasteiger partial charge in [-0.1, -0.05) is 0 Å². The van der Waals surface area contributed by atoms with E-state index in [4.69, 9.17) is 9.52 Å². The Bertz CT molecular complexity index is 660. The van der Waals surface area contributed by atoms with E-state index in [1.165, 1.54) is 12.1 Å².